The van der Waals surface area contributed by atoms with Crippen LogP contribution in [0.25, 0.3) is 10.9 Å². The zero-order chi connectivity index (χ0) is 19.6. The summed E-state index contributed by atoms with van der Waals surface area (Å²) in [5.74, 6) is -0.541. The topological polar surface area (TPSA) is 101 Å². The summed E-state index contributed by atoms with van der Waals surface area (Å²) in [7, 11) is -0.487. The van der Waals surface area contributed by atoms with Crippen molar-refractivity contribution in [3.05, 3.63) is 30.5 Å². The van der Waals surface area contributed by atoms with Crippen LogP contribution in [0.3, 0.4) is 0 Å². The van der Waals surface area contributed by atoms with Gasteiger partial charge in [0.15, 0.2) is 0 Å². The molecule has 0 unspecified atom stereocenters. The molecule has 0 radical (unpaired) electrons. The molecule has 27 heavy (non-hydrogen) atoms. The molecule has 1 fully saturated rings. The van der Waals surface area contributed by atoms with Gasteiger partial charge in [-0.2, -0.15) is 4.31 Å². The third kappa shape index (κ3) is 3.91. The number of ether oxygens (including phenoxy) is 1. The molecule has 3 rings (SSSR count). The number of fused-ring (bicyclic) bond motifs is 1. The summed E-state index contributed by atoms with van der Waals surface area (Å²) in [5, 5.41) is 3.31. The number of carbonyl (C=O) groups is 2. The van der Waals surface area contributed by atoms with E-state index in [1.807, 2.05) is 23.9 Å². The number of aryl methyl sites for hydroxylation is 1. The Kier molecular flexibility index (Phi) is 5.38. The molecule has 10 heteroatoms. The fourth-order valence-corrected chi connectivity index (χ4v) is 4.49. The highest BCUT2D eigenvalue weighted by atomic mass is 32.2. The molecule has 1 saturated heterocycles. The monoisotopic (exact) mass is 394 g/mol. The number of nitrogens with one attached hydrogen (secondary N) is 1. The average Bonchev–Trinajstić information content (AvgIpc) is 3.06. The number of sulfonamides is 1. The van der Waals surface area contributed by atoms with Crippen molar-refractivity contribution in [2.45, 2.75) is 4.90 Å². The molecule has 9 nitrogen and oxygen atoms in total. The van der Waals surface area contributed by atoms with Gasteiger partial charge < -0.3 is 19.5 Å². The van der Waals surface area contributed by atoms with E-state index in [4.69, 9.17) is 0 Å². The summed E-state index contributed by atoms with van der Waals surface area (Å²) in [6, 6.07) is 6.52. The van der Waals surface area contributed by atoms with E-state index in [1.165, 1.54) is 16.3 Å². The van der Waals surface area contributed by atoms with Gasteiger partial charge in [0.05, 0.1) is 12.0 Å². The Hall–Kier alpha value is -2.59. The minimum absolute atomic E-state index is 0.195. The maximum atomic E-state index is 12.9. The molecule has 2 aromatic rings. The number of hydrogen-bond acceptors (Lipinski definition) is 5. The number of rotatable bonds is 4. The molecular formula is C17H22N4O5S. The molecule has 1 aromatic carbocycles. The molecule has 0 spiro atoms. The van der Waals surface area contributed by atoms with Crippen LogP contribution in [-0.2, 0) is 26.6 Å². The van der Waals surface area contributed by atoms with Crippen LogP contribution in [0.2, 0.25) is 0 Å². The molecule has 1 N–H and O–H groups in total. The number of urea groups is 1. The Morgan fingerprint density at radius 1 is 1.15 bits per heavy atom. The van der Waals surface area contributed by atoms with E-state index in [0.29, 0.717) is 0 Å². The fraction of sp³-hybridized carbons (Fsp3) is 0.412. The number of carbonyl (C=O) groups excluding carboxylic acids is 2. The van der Waals surface area contributed by atoms with Crippen LogP contribution in [0.15, 0.2) is 35.4 Å². The molecule has 146 valence electrons. The highest BCUT2D eigenvalue weighted by molar-refractivity contribution is 7.89. The maximum Gasteiger partial charge on any atom is 0.325 e. The number of esters is 1. The largest absolute Gasteiger partial charge is 0.468 e. The Labute approximate surface area is 157 Å². The van der Waals surface area contributed by atoms with E-state index < -0.39 is 22.0 Å². The molecule has 1 aromatic heterocycles. The normalized spacial score (nSPS) is 15.7. The van der Waals surface area contributed by atoms with Gasteiger partial charge in [-0.25, -0.2) is 13.2 Å². The van der Waals surface area contributed by atoms with Crippen molar-refractivity contribution in [1.29, 1.82) is 0 Å². The van der Waals surface area contributed by atoms with Crippen LogP contribution in [0.1, 0.15) is 0 Å². The molecule has 1 aliphatic heterocycles. The summed E-state index contributed by atoms with van der Waals surface area (Å²) >= 11 is 0. The molecule has 1 aliphatic rings. The third-order valence-electron chi connectivity index (χ3n) is 4.63. The molecule has 0 saturated carbocycles. The van der Waals surface area contributed by atoms with Crippen LogP contribution in [0.4, 0.5) is 4.79 Å². The quantitative estimate of drug-likeness (QED) is 0.755. The van der Waals surface area contributed by atoms with Crippen molar-refractivity contribution in [3.63, 3.8) is 0 Å². The Morgan fingerprint density at radius 2 is 1.85 bits per heavy atom. The second kappa shape index (κ2) is 7.57. The van der Waals surface area contributed by atoms with Gasteiger partial charge >= 0.3 is 12.0 Å². The van der Waals surface area contributed by atoms with Gasteiger partial charge in [0, 0.05) is 50.3 Å². The molecular weight excluding hydrogens is 372 g/mol. The predicted molar refractivity (Wildman–Crippen MR) is 98.7 cm³/mol. The van der Waals surface area contributed by atoms with E-state index in [9.17, 15) is 18.0 Å². The van der Waals surface area contributed by atoms with Gasteiger partial charge in [-0.1, -0.05) is 0 Å². The summed E-state index contributed by atoms with van der Waals surface area (Å²) < 4.78 is 33.6. The second-order valence-electron chi connectivity index (χ2n) is 6.27. The predicted octanol–water partition coefficient (Wildman–Crippen LogP) is 0.367. The lowest BCUT2D eigenvalue weighted by Crippen LogP contribution is -2.53. The fourth-order valence-electron chi connectivity index (χ4n) is 3.03. The van der Waals surface area contributed by atoms with E-state index >= 15 is 0 Å². The van der Waals surface area contributed by atoms with Gasteiger partial charge in [0.25, 0.3) is 0 Å². The number of aromatic nitrogens is 1. The van der Waals surface area contributed by atoms with E-state index in [1.54, 1.807) is 18.2 Å². The van der Waals surface area contributed by atoms with Gasteiger partial charge in [-0.15, -0.1) is 0 Å². The zero-order valence-corrected chi connectivity index (χ0v) is 16.0. The van der Waals surface area contributed by atoms with Crippen molar-refractivity contribution in [1.82, 2.24) is 19.1 Å². The number of nitrogens with zero attached hydrogens (tertiary/aromatic N) is 3. The van der Waals surface area contributed by atoms with E-state index in [2.05, 4.69) is 10.1 Å². The van der Waals surface area contributed by atoms with Gasteiger partial charge in [-0.3, -0.25) is 4.79 Å². The van der Waals surface area contributed by atoms with Crippen molar-refractivity contribution >= 4 is 32.9 Å². The summed E-state index contributed by atoms with van der Waals surface area (Å²) in [6.07, 6.45) is 1.88. The lowest BCUT2D eigenvalue weighted by molar-refractivity contribution is -0.139. The minimum atomic E-state index is -3.63. The Bertz CT molecular complexity index is 961. The summed E-state index contributed by atoms with van der Waals surface area (Å²) in [5.41, 5.74) is 0.959. The standard InChI is InChI=1S/C17H22N4O5S/c1-19-6-5-13-11-14(3-4-15(13)19)27(24,25)21-9-7-20(8-10-21)17(23)18-12-16(22)26-2/h3-6,11H,7-10,12H2,1-2H3,(H,18,23). The lowest BCUT2D eigenvalue weighted by Gasteiger charge is -2.33. The zero-order valence-electron chi connectivity index (χ0n) is 15.2. The Morgan fingerprint density at radius 3 is 2.52 bits per heavy atom. The SMILES string of the molecule is COC(=O)CNC(=O)N1CCN(S(=O)(=O)c2ccc3c(ccn3C)c2)CC1. The van der Waals surface area contributed by atoms with Crippen LogP contribution in [-0.4, -0.2) is 74.0 Å². The number of hydrogen-bond donors (Lipinski definition) is 1. The van der Waals surface area contributed by atoms with E-state index in [-0.39, 0.29) is 37.6 Å². The van der Waals surface area contributed by atoms with Gasteiger partial charge in [0.1, 0.15) is 6.54 Å². The second-order valence-corrected chi connectivity index (χ2v) is 8.21. The van der Waals surface area contributed by atoms with Crippen LogP contribution < -0.4 is 5.32 Å². The summed E-state index contributed by atoms with van der Waals surface area (Å²) in [4.78, 5) is 24.8. The highest BCUT2D eigenvalue weighted by Crippen LogP contribution is 2.23. The number of methoxy groups -OCH3 is 1. The number of amides is 2. The molecule has 0 bridgehead atoms. The third-order valence-corrected chi connectivity index (χ3v) is 6.53. The van der Waals surface area contributed by atoms with Crippen molar-refractivity contribution < 1.29 is 22.7 Å². The van der Waals surface area contributed by atoms with Crippen molar-refractivity contribution in [3.8, 4) is 0 Å². The van der Waals surface area contributed by atoms with Crippen LogP contribution in [0.5, 0.6) is 0 Å². The summed E-state index contributed by atoms with van der Waals surface area (Å²) in [6.45, 7) is 0.673. The average molecular weight is 394 g/mol. The minimum Gasteiger partial charge on any atom is -0.468 e. The van der Waals surface area contributed by atoms with Crippen molar-refractivity contribution in [2.24, 2.45) is 7.05 Å². The van der Waals surface area contributed by atoms with Crippen LogP contribution >= 0.6 is 0 Å². The van der Waals surface area contributed by atoms with Crippen LogP contribution in [0, 0.1) is 0 Å². The first kappa shape index (κ1) is 19.2. The molecule has 2 heterocycles. The first-order valence-electron chi connectivity index (χ1n) is 8.48. The molecule has 2 amide bonds. The maximum absolute atomic E-state index is 12.9. The highest BCUT2D eigenvalue weighted by Gasteiger charge is 2.30. The number of benzene rings is 1. The smallest absolute Gasteiger partial charge is 0.325 e. The van der Waals surface area contributed by atoms with E-state index in [0.717, 1.165) is 10.9 Å². The first-order chi connectivity index (χ1) is 12.8. The van der Waals surface area contributed by atoms with Crippen molar-refractivity contribution in [2.75, 3.05) is 39.8 Å². The lowest BCUT2D eigenvalue weighted by atomic mass is 10.2. The first-order valence-corrected chi connectivity index (χ1v) is 9.92. The number of piperazine rings is 1. The molecule has 0 atom stereocenters. The van der Waals surface area contributed by atoms with Gasteiger partial charge in [-0.05, 0) is 24.3 Å². The Balaban J connectivity index is 1.65. The molecule has 0 aliphatic carbocycles. The van der Waals surface area contributed by atoms with Gasteiger partial charge in [0.2, 0.25) is 10.0 Å².